The first kappa shape index (κ1) is 21.5. The molecule has 0 aliphatic rings. The van der Waals surface area contributed by atoms with Crippen molar-refractivity contribution in [3.8, 4) is 0 Å². The Morgan fingerprint density at radius 1 is 1.20 bits per heavy atom. The number of aromatic nitrogens is 2. The number of guanidine groups is 1. The van der Waals surface area contributed by atoms with Gasteiger partial charge in [0.05, 0.1) is 17.8 Å². The highest BCUT2D eigenvalue weighted by molar-refractivity contribution is 5.79. The molecule has 0 radical (unpaired) electrons. The molecule has 0 unspecified atom stereocenters. The molecular weight excluding hydrogens is 314 g/mol. The quantitative estimate of drug-likeness (QED) is 0.326. The van der Waals surface area contributed by atoms with Crippen molar-refractivity contribution in [3.63, 3.8) is 0 Å². The van der Waals surface area contributed by atoms with E-state index in [4.69, 9.17) is 0 Å². The zero-order chi connectivity index (χ0) is 18.7. The topological polar surface area (TPSA) is 74.5 Å². The summed E-state index contributed by atoms with van der Waals surface area (Å²) < 4.78 is 2.04. The zero-order valence-electron chi connectivity index (χ0n) is 16.7. The summed E-state index contributed by atoms with van der Waals surface area (Å²) in [5.74, 6) is 0.779. The van der Waals surface area contributed by atoms with Crippen LogP contribution in [0.25, 0.3) is 0 Å². The Labute approximate surface area is 153 Å². The lowest BCUT2D eigenvalue weighted by molar-refractivity contribution is 0.0306. The molecule has 6 nitrogen and oxygen atoms in total. The van der Waals surface area contributed by atoms with Crippen molar-refractivity contribution in [2.24, 2.45) is 4.99 Å². The molecule has 0 amide bonds. The van der Waals surface area contributed by atoms with Gasteiger partial charge in [0.15, 0.2) is 5.96 Å². The predicted molar refractivity (Wildman–Crippen MR) is 105 cm³/mol. The van der Waals surface area contributed by atoms with E-state index in [1.807, 2.05) is 11.6 Å². The van der Waals surface area contributed by atoms with Crippen molar-refractivity contribution in [3.05, 3.63) is 17.5 Å². The Kier molecular flexibility index (Phi) is 9.57. The van der Waals surface area contributed by atoms with Crippen LogP contribution >= 0.6 is 0 Å². The van der Waals surface area contributed by atoms with E-state index in [1.165, 1.54) is 5.69 Å². The number of nitrogens with zero attached hydrogens (tertiary/aromatic N) is 3. The molecular formula is C19H37N5O. The van der Waals surface area contributed by atoms with Crippen molar-refractivity contribution >= 4 is 5.96 Å². The van der Waals surface area contributed by atoms with Crippen molar-refractivity contribution in [2.45, 2.75) is 78.9 Å². The van der Waals surface area contributed by atoms with Gasteiger partial charge in [-0.25, -0.2) is 0 Å². The van der Waals surface area contributed by atoms with Gasteiger partial charge < -0.3 is 15.7 Å². The molecule has 144 valence electrons. The molecule has 25 heavy (non-hydrogen) atoms. The average Bonchev–Trinajstić information content (AvgIpc) is 2.87. The second-order valence-corrected chi connectivity index (χ2v) is 6.85. The number of nitrogens with one attached hydrogen (secondary N) is 2. The van der Waals surface area contributed by atoms with E-state index < -0.39 is 5.60 Å². The first-order valence-electron chi connectivity index (χ1n) is 9.69. The Morgan fingerprint density at radius 2 is 1.88 bits per heavy atom. The summed E-state index contributed by atoms with van der Waals surface area (Å²) in [5.41, 5.74) is 1.57. The third kappa shape index (κ3) is 7.90. The number of hydrogen-bond donors (Lipinski definition) is 3. The van der Waals surface area contributed by atoms with Crippen molar-refractivity contribution in [2.75, 3.05) is 19.6 Å². The number of aliphatic imine (C=N–C) groups is 1. The lowest BCUT2D eigenvalue weighted by atomic mass is 9.93. The fraction of sp³-hybridized carbons (Fsp3) is 0.789. The second kappa shape index (κ2) is 11.1. The molecule has 0 saturated heterocycles. The summed E-state index contributed by atoms with van der Waals surface area (Å²) in [7, 11) is 0. The standard InChI is InChI=1S/C19H37N5O/c1-6-10-19(25,11-7-2)15-22-18(20-8-3)21-12-9-13-24-17(5)14-16(4)23-24/h14,25H,6-13,15H2,1-5H3,(H2,20,21,22). The fourth-order valence-corrected chi connectivity index (χ4v) is 3.12. The van der Waals surface area contributed by atoms with Crippen LogP contribution in [0.1, 0.15) is 64.3 Å². The van der Waals surface area contributed by atoms with E-state index in [-0.39, 0.29) is 0 Å². The zero-order valence-corrected chi connectivity index (χ0v) is 16.7. The van der Waals surface area contributed by atoms with Gasteiger partial charge in [0.25, 0.3) is 0 Å². The monoisotopic (exact) mass is 351 g/mol. The predicted octanol–water partition coefficient (Wildman–Crippen LogP) is 2.78. The summed E-state index contributed by atoms with van der Waals surface area (Å²) in [6.07, 6.45) is 4.50. The van der Waals surface area contributed by atoms with Gasteiger partial charge in [0, 0.05) is 25.3 Å². The summed E-state index contributed by atoms with van der Waals surface area (Å²) in [4.78, 5) is 4.61. The van der Waals surface area contributed by atoms with Crippen LogP contribution in [-0.2, 0) is 6.54 Å². The molecule has 1 rings (SSSR count). The third-order valence-electron chi connectivity index (χ3n) is 4.25. The third-order valence-corrected chi connectivity index (χ3v) is 4.25. The molecule has 0 atom stereocenters. The maximum absolute atomic E-state index is 10.7. The number of hydrogen-bond acceptors (Lipinski definition) is 3. The molecule has 0 spiro atoms. The van der Waals surface area contributed by atoms with E-state index >= 15 is 0 Å². The van der Waals surface area contributed by atoms with Gasteiger partial charge in [0.2, 0.25) is 0 Å². The summed E-state index contributed by atoms with van der Waals surface area (Å²) in [6, 6.07) is 2.10. The van der Waals surface area contributed by atoms with Gasteiger partial charge in [-0.15, -0.1) is 0 Å². The minimum Gasteiger partial charge on any atom is -0.388 e. The number of aliphatic hydroxyl groups is 1. The highest BCUT2D eigenvalue weighted by Crippen LogP contribution is 2.19. The molecule has 1 heterocycles. The molecule has 3 N–H and O–H groups in total. The maximum Gasteiger partial charge on any atom is 0.191 e. The lowest BCUT2D eigenvalue weighted by Crippen LogP contribution is -2.40. The highest BCUT2D eigenvalue weighted by Gasteiger charge is 2.24. The molecule has 0 bridgehead atoms. The Bertz CT molecular complexity index is 518. The van der Waals surface area contributed by atoms with Crippen LogP contribution in [0.5, 0.6) is 0 Å². The minimum atomic E-state index is -0.685. The van der Waals surface area contributed by atoms with Crippen LogP contribution in [0, 0.1) is 13.8 Å². The molecule has 6 heteroatoms. The smallest absolute Gasteiger partial charge is 0.191 e. The SMILES string of the molecule is CCCC(O)(CCC)CN=C(NCC)NCCCn1nc(C)cc1C. The van der Waals surface area contributed by atoms with E-state index in [0.717, 1.165) is 63.4 Å². The van der Waals surface area contributed by atoms with E-state index in [1.54, 1.807) is 0 Å². The van der Waals surface area contributed by atoms with Gasteiger partial charge in [-0.3, -0.25) is 9.67 Å². The summed E-state index contributed by atoms with van der Waals surface area (Å²) in [5, 5.41) is 21.8. The first-order chi connectivity index (χ1) is 11.9. The van der Waals surface area contributed by atoms with Crippen LogP contribution in [0.2, 0.25) is 0 Å². The van der Waals surface area contributed by atoms with Gasteiger partial charge in [-0.1, -0.05) is 26.7 Å². The normalized spacial score (nSPS) is 12.5. The van der Waals surface area contributed by atoms with Crippen LogP contribution in [0.3, 0.4) is 0 Å². The molecule has 0 aliphatic heterocycles. The molecule has 0 aromatic carbocycles. The van der Waals surface area contributed by atoms with Crippen molar-refractivity contribution in [1.82, 2.24) is 20.4 Å². The van der Waals surface area contributed by atoms with Crippen LogP contribution < -0.4 is 10.6 Å². The van der Waals surface area contributed by atoms with Crippen LogP contribution in [0.4, 0.5) is 0 Å². The number of rotatable bonds is 11. The van der Waals surface area contributed by atoms with E-state index in [2.05, 4.69) is 54.5 Å². The largest absolute Gasteiger partial charge is 0.388 e. The van der Waals surface area contributed by atoms with Gasteiger partial charge >= 0.3 is 0 Å². The Hall–Kier alpha value is -1.56. The lowest BCUT2D eigenvalue weighted by Gasteiger charge is -2.26. The molecule has 0 fully saturated rings. The van der Waals surface area contributed by atoms with E-state index in [0.29, 0.717) is 6.54 Å². The molecule has 1 aromatic heterocycles. The second-order valence-electron chi connectivity index (χ2n) is 6.85. The van der Waals surface area contributed by atoms with Crippen molar-refractivity contribution < 1.29 is 5.11 Å². The first-order valence-corrected chi connectivity index (χ1v) is 9.69. The minimum absolute atomic E-state index is 0.446. The Morgan fingerprint density at radius 3 is 2.40 bits per heavy atom. The number of aryl methyl sites for hydroxylation is 3. The van der Waals surface area contributed by atoms with Crippen molar-refractivity contribution in [1.29, 1.82) is 0 Å². The van der Waals surface area contributed by atoms with Gasteiger partial charge in [0.1, 0.15) is 0 Å². The summed E-state index contributed by atoms with van der Waals surface area (Å²) in [6.45, 7) is 13.3. The molecule has 0 aliphatic carbocycles. The summed E-state index contributed by atoms with van der Waals surface area (Å²) >= 11 is 0. The van der Waals surface area contributed by atoms with Crippen LogP contribution in [0.15, 0.2) is 11.1 Å². The fourth-order valence-electron chi connectivity index (χ4n) is 3.12. The highest BCUT2D eigenvalue weighted by atomic mass is 16.3. The molecule has 0 saturated carbocycles. The van der Waals surface area contributed by atoms with Crippen LogP contribution in [-0.4, -0.2) is 46.1 Å². The maximum atomic E-state index is 10.7. The average molecular weight is 352 g/mol. The molecule has 1 aromatic rings. The van der Waals surface area contributed by atoms with Gasteiger partial charge in [-0.2, -0.15) is 5.10 Å². The van der Waals surface area contributed by atoms with Gasteiger partial charge in [-0.05, 0) is 46.1 Å². The Balaban J connectivity index is 2.50. The van der Waals surface area contributed by atoms with E-state index in [9.17, 15) is 5.11 Å².